The van der Waals surface area contributed by atoms with E-state index in [0.717, 1.165) is 35.2 Å². The third-order valence-corrected chi connectivity index (χ3v) is 7.35. The highest BCUT2D eigenvalue weighted by atomic mass is 32.2. The molecule has 34 heavy (non-hydrogen) atoms. The first-order valence-corrected chi connectivity index (χ1v) is 12.6. The molecule has 0 unspecified atom stereocenters. The second kappa shape index (κ2) is 10.2. The van der Waals surface area contributed by atoms with Crippen molar-refractivity contribution in [1.82, 2.24) is 14.9 Å². The first kappa shape index (κ1) is 23.7. The summed E-state index contributed by atoms with van der Waals surface area (Å²) in [6.07, 6.45) is 1.54. The van der Waals surface area contributed by atoms with Crippen LogP contribution in [0.3, 0.4) is 0 Å². The lowest BCUT2D eigenvalue weighted by atomic mass is 9.98. The van der Waals surface area contributed by atoms with Crippen LogP contribution in [0.4, 0.5) is 0 Å². The van der Waals surface area contributed by atoms with Crippen LogP contribution in [-0.4, -0.2) is 38.7 Å². The first-order chi connectivity index (χ1) is 16.4. The van der Waals surface area contributed by atoms with E-state index in [0.29, 0.717) is 18.5 Å². The van der Waals surface area contributed by atoms with E-state index in [4.69, 9.17) is 0 Å². The minimum absolute atomic E-state index is 0.0958. The van der Waals surface area contributed by atoms with Crippen LogP contribution < -0.4 is 10.0 Å². The van der Waals surface area contributed by atoms with E-state index in [-0.39, 0.29) is 23.3 Å². The molecule has 7 nitrogen and oxygen atoms in total. The number of rotatable bonds is 8. The molecule has 3 aromatic rings. The molecular formula is C26H27N3O4S. The number of carbonyl (C=O) groups excluding carboxylic acids is 2. The van der Waals surface area contributed by atoms with Crippen molar-refractivity contribution in [3.8, 4) is 11.1 Å². The van der Waals surface area contributed by atoms with Crippen LogP contribution in [0.25, 0.3) is 11.1 Å². The number of likely N-dealkylation sites (tertiary alicyclic amines) is 1. The molecule has 8 heteroatoms. The van der Waals surface area contributed by atoms with Gasteiger partial charge in [0.2, 0.25) is 15.9 Å². The molecular weight excluding hydrogens is 450 g/mol. The number of benzene rings is 3. The topological polar surface area (TPSA) is 95.6 Å². The number of amides is 2. The zero-order chi connectivity index (χ0) is 24.1. The lowest BCUT2D eigenvalue weighted by Gasteiger charge is -2.16. The monoisotopic (exact) mass is 477 g/mol. The van der Waals surface area contributed by atoms with Gasteiger partial charge in [0.15, 0.2) is 0 Å². The van der Waals surface area contributed by atoms with Crippen molar-refractivity contribution in [2.45, 2.75) is 30.8 Å². The molecule has 0 atom stereocenters. The molecule has 3 aromatic carbocycles. The predicted molar refractivity (Wildman–Crippen MR) is 130 cm³/mol. The lowest BCUT2D eigenvalue weighted by molar-refractivity contribution is -0.128. The number of sulfonamides is 1. The van der Waals surface area contributed by atoms with Gasteiger partial charge in [-0.2, -0.15) is 0 Å². The fourth-order valence-electron chi connectivity index (χ4n) is 4.02. The molecule has 0 saturated carbocycles. The van der Waals surface area contributed by atoms with Crippen LogP contribution in [-0.2, 0) is 27.9 Å². The van der Waals surface area contributed by atoms with Crippen LogP contribution in [0.1, 0.15) is 34.3 Å². The number of hydrogen-bond donors (Lipinski definition) is 2. The van der Waals surface area contributed by atoms with Gasteiger partial charge in [0.05, 0.1) is 4.90 Å². The van der Waals surface area contributed by atoms with E-state index in [2.05, 4.69) is 10.0 Å². The molecule has 1 fully saturated rings. The maximum Gasteiger partial charge on any atom is 0.251 e. The Kier molecular flexibility index (Phi) is 7.09. The van der Waals surface area contributed by atoms with Gasteiger partial charge in [0.25, 0.3) is 5.91 Å². The summed E-state index contributed by atoms with van der Waals surface area (Å²) in [5, 5.41) is 2.51. The summed E-state index contributed by atoms with van der Waals surface area (Å²) in [6.45, 7) is 1.54. The minimum Gasteiger partial charge on any atom is -0.355 e. The highest BCUT2D eigenvalue weighted by Gasteiger charge is 2.20. The molecule has 2 N–H and O–H groups in total. The summed E-state index contributed by atoms with van der Waals surface area (Å²) >= 11 is 0. The van der Waals surface area contributed by atoms with E-state index in [1.54, 1.807) is 0 Å². The van der Waals surface area contributed by atoms with Crippen LogP contribution in [0.15, 0.2) is 77.7 Å². The Morgan fingerprint density at radius 3 is 2.32 bits per heavy atom. The summed E-state index contributed by atoms with van der Waals surface area (Å²) < 4.78 is 28.2. The Bertz CT molecular complexity index is 1290. The summed E-state index contributed by atoms with van der Waals surface area (Å²) in [7, 11) is -2.23. The van der Waals surface area contributed by atoms with Crippen molar-refractivity contribution in [1.29, 1.82) is 0 Å². The van der Waals surface area contributed by atoms with E-state index in [1.807, 2.05) is 53.4 Å². The molecule has 0 radical (unpaired) electrons. The third kappa shape index (κ3) is 5.35. The van der Waals surface area contributed by atoms with Gasteiger partial charge in [-0.1, -0.05) is 48.5 Å². The Labute approximate surface area is 199 Å². The molecule has 0 aromatic heterocycles. The smallest absolute Gasteiger partial charge is 0.251 e. The van der Waals surface area contributed by atoms with Crippen molar-refractivity contribution in [3.63, 3.8) is 0 Å². The van der Waals surface area contributed by atoms with Crippen LogP contribution in [0, 0.1) is 0 Å². The number of carbonyl (C=O) groups is 2. The summed E-state index contributed by atoms with van der Waals surface area (Å²) in [5.74, 6) is -0.0751. The second-order valence-electron chi connectivity index (χ2n) is 8.20. The zero-order valence-electron chi connectivity index (χ0n) is 19.0. The van der Waals surface area contributed by atoms with Gasteiger partial charge < -0.3 is 10.2 Å². The Morgan fingerprint density at radius 1 is 0.971 bits per heavy atom. The normalized spacial score (nSPS) is 13.8. The van der Waals surface area contributed by atoms with E-state index in [1.165, 1.54) is 31.3 Å². The predicted octanol–water partition coefficient (Wildman–Crippen LogP) is 3.31. The average Bonchev–Trinajstić information content (AvgIpc) is 3.27. The molecule has 176 valence electrons. The maximum atomic E-state index is 12.8. The molecule has 4 rings (SSSR count). The van der Waals surface area contributed by atoms with Crippen molar-refractivity contribution in [2.75, 3.05) is 13.6 Å². The van der Waals surface area contributed by atoms with Gasteiger partial charge in [-0.25, -0.2) is 13.1 Å². The van der Waals surface area contributed by atoms with Gasteiger partial charge >= 0.3 is 0 Å². The molecule has 2 amide bonds. The van der Waals surface area contributed by atoms with Crippen molar-refractivity contribution < 1.29 is 18.0 Å². The van der Waals surface area contributed by atoms with Crippen molar-refractivity contribution in [2.24, 2.45) is 0 Å². The Balaban J connectivity index is 1.47. The summed E-state index contributed by atoms with van der Waals surface area (Å²) in [4.78, 5) is 25.5. The minimum atomic E-state index is -3.75. The SMILES string of the molecule is CNC(=O)c1ccc(S(=O)(=O)NCc2ccccc2-c2ccc(CN3CCCC3=O)cc2)cc1. The van der Waals surface area contributed by atoms with Gasteiger partial charge in [-0.3, -0.25) is 9.59 Å². The van der Waals surface area contributed by atoms with Crippen molar-refractivity contribution >= 4 is 21.8 Å². The molecule has 1 aliphatic heterocycles. The maximum absolute atomic E-state index is 12.8. The highest BCUT2D eigenvalue weighted by Crippen LogP contribution is 2.25. The molecule has 0 spiro atoms. The number of nitrogens with one attached hydrogen (secondary N) is 2. The Hall–Kier alpha value is -3.49. The Morgan fingerprint density at radius 2 is 1.68 bits per heavy atom. The van der Waals surface area contributed by atoms with Crippen LogP contribution in [0.5, 0.6) is 0 Å². The highest BCUT2D eigenvalue weighted by molar-refractivity contribution is 7.89. The van der Waals surface area contributed by atoms with Gasteiger partial charge in [-0.15, -0.1) is 0 Å². The molecule has 0 aliphatic carbocycles. The van der Waals surface area contributed by atoms with Crippen LogP contribution in [0.2, 0.25) is 0 Å². The first-order valence-electron chi connectivity index (χ1n) is 11.1. The van der Waals surface area contributed by atoms with Gasteiger partial charge in [0.1, 0.15) is 0 Å². The standard InChI is InChI=1S/C26H27N3O4S/c1-27-26(31)21-12-14-23(15-13-21)34(32,33)28-17-22-5-2-3-6-24(22)20-10-8-19(9-11-20)18-29-16-4-7-25(29)30/h2-3,5-6,8-15,28H,4,7,16-18H2,1H3,(H,27,31). The fraction of sp³-hybridized carbons (Fsp3) is 0.231. The van der Waals surface area contributed by atoms with Gasteiger partial charge in [0, 0.05) is 38.7 Å². The second-order valence-corrected chi connectivity index (χ2v) is 9.97. The lowest BCUT2D eigenvalue weighted by Crippen LogP contribution is -2.24. The molecule has 1 saturated heterocycles. The quantitative estimate of drug-likeness (QED) is 0.520. The van der Waals surface area contributed by atoms with Gasteiger partial charge in [-0.05, 0) is 52.9 Å². The number of hydrogen-bond acceptors (Lipinski definition) is 4. The third-order valence-electron chi connectivity index (χ3n) is 5.93. The molecule has 0 bridgehead atoms. The molecule has 1 aliphatic rings. The van der Waals surface area contributed by atoms with E-state index in [9.17, 15) is 18.0 Å². The largest absolute Gasteiger partial charge is 0.355 e. The molecule has 1 heterocycles. The zero-order valence-corrected chi connectivity index (χ0v) is 19.8. The van der Waals surface area contributed by atoms with Crippen molar-refractivity contribution in [3.05, 3.63) is 89.5 Å². The summed E-state index contributed by atoms with van der Waals surface area (Å²) in [5.41, 5.74) is 4.21. The van der Waals surface area contributed by atoms with E-state index >= 15 is 0 Å². The fourth-order valence-corrected chi connectivity index (χ4v) is 5.03. The average molecular weight is 478 g/mol. The summed E-state index contributed by atoms with van der Waals surface area (Å²) in [6, 6.07) is 21.5. The van der Waals surface area contributed by atoms with E-state index < -0.39 is 10.0 Å². The number of nitrogens with zero attached hydrogens (tertiary/aromatic N) is 1. The van der Waals surface area contributed by atoms with Crippen LogP contribution >= 0.6 is 0 Å².